The number of nitrogens with zero attached hydrogens (tertiary/aromatic N) is 2. The fourth-order valence-electron chi connectivity index (χ4n) is 4.03. The van der Waals surface area contributed by atoms with Crippen LogP contribution in [-0.4, -0.2) is 47.3 Å². The van der Waals surface area contributed by atoms with Crippen molar-refractivity contribution in [2.45, 2.75) is 57.9 Å². The summed E-state index contributed by atoms with van der Waals surface area (Å²) in [6, 6.07) is 7.27. The van der Waals surface area contributed by atoms with Crippen molar-refractivity contribution in [1.82, 2.24) is 15.1 Å². The van der Waals surface area contributed by atoms with Crippen molar-refractivity contribution in [3.05, 3.63) is 35.4 Å². The van der Waals surface area contributed by atoms with Crippen LogP contribution < -0.4 is 5.32 Å². The molecule has 1 atom stereocenters. The van der Waals surface area contributed by atoms with Gasteiger partial charge in [-0.25, -0.2) is 4.79 Å². The number of fused-ring (bicyclic) bond motifs is 2. The Balaban J connectivity index is 1.75. The lowest BCUT2D eigenvalue weighted by atomic mass is 9.92. The van der Waals surface area contributed by atoms with E-state index in [0.29, 0.717) is 19.5 Å². The van der Waals surface area contributed by atoms with Gasteiger partial charge in [-0.05, 0) is 36.8 Å². The summed E-state index contributed by atoms with van der Waals surface area (Å²) in [6.45, 7) is 5.34. The maximum atomic E-state index is 13.2. The average molecular weight is 371 g/mol. The molecule has 1 aromatic rings. The van der Waals surface area contributed by atoms with Gasteiger partial charge in [0.25, 0.3) is 5.91 Å². The molecular formula is C21H29N3O3. The second-order valence-corrected chi connectivity index (χ2v) is 7.47. The van der Waals surface area contributed by atoms with E-state index < -0.39 is 11.6 Å². The minimum Gasteiger partial charge on any atom is -0.341 e. The first-order chi connectivity index (χ1) is 13.0. The number of carbonyl (C=O) groups excluding carboxylic acids is 3. The van der Waals surface area contributed by atoms with Gasteiger partial charge in [-0.3, -0.25) is 14.5 Å². The molecule has 6 nitrogen and oxygen atoms in total. The molecule has 6 heteroatoms. The van der Waals surface area contributed by atoms with E-state index in [1.54, 1.807) is 4.90 Å². The van der Waals surface area contributed by atoms with Crippen LogP contribution in [0.25, 0.3) is 0 Å². The van der Waals surface area contributed by atoms with E-state index >= 15 is 0 Å². The summed E-state index contributed by atoms with van der Waals surface area (Å²) < 4.78 is 0. The fraction of sp³-hybridized carbons (Fsp3) is 0.571. The highest BCUT2D eigenvalue weighted by Gasteiger charge is 2.55. The van der Waals surface area contributed by atoms with Crippen LogP contribution in [0.15, 0.2) is 24.3 Å². The number of imide groups is 1. The minimum atomic E-state index is -0.994. The molecule has 1 N–H and O–H groups in total. The third kappa shape index (κ3) is 3.57. The zero-order valence-electron chi connectivity index (χ0n) is 16.3. The normalized spacial score (nSPS) is 20.9. The minimum absolute atomic E-state index is 0.149. The smallest absolute Gasteiger partial charge is 0.325 e. The fourth-order valence-corrected chi connectivity index (χ4v) is 4.03. The van der Waals surface area contributed by atoms with E-state index in [1.807, 2.05) is 24.3 Å². The van der Waals surface area contributed by atoms with E-state index in [0.717, 1.165) is 48.1 Å². The lowest BCUT2D eigenvalue weighted by Gasteiger charge is -2.25. The molecule has 2 aliphatic rings. The van der Waals surface area contributed by atoms with Crippen LogP contribution in [0.1, 0.15) is 57.1 Å². The Hall–Kier alpha value is -2.37. The van der Waals surface area contributed by atoms with Gasteiger partial charge in [0.05, 0.1) is 0 Å². The molecule has 1 spiro atoms. The van der Waals surface area contributed by atoms with Gasteiger partial charge in [-0.2, -0.15) is 0 Å². The average Bonchev–Trinajstić information content (AvgIpc) is 3.15. The van der Waals surface area contributed by atoms with Crippen LogP contribution in [0.4, 0.5) is 4.79 Å². The number of benzene rings is 1. The van der Waals surface area contributed by atoms with Crippen molar-refractivity contribution in [2.24, 2.45) is 0 Å². The summed E-state index contributed by atoms with van der Waals surface area (Å²) >= 11 is 0. The molecule has 3 rings (SSSR count). The molecule has 1 heterocycles. The lowest BCUT2D eigenvalue weighted by molar-refractivity contribution is -0.139. The van der Waals surface area contributed by atoms with Crippen LogP contribution in [0.2, 0.25) is 0 Å². The van der Waals surface area contributed by atoms with Crippen LogP contribution in [0.3, 0.4) is 0 Å². The van der Waals surface area contributed by atoms with Crippen molar-refractivity contribution in [2.75, 3.05) is 19.6 Å². The van der Waals surface area contributed by atoms with Gasteiger partial charge in [0.2, 0.25) is 5.91 Å². The standard InChI is InChI=1S/C21H29N3O3/c1-3-5-13-23(14-6-4-2)18(25)15-24-19(26)21(22-20(24)27)12-11-16-9-7-8-10-17(16)21/h7-10H,3-6,11-15H2,1-2H3,(H,22,27). The monoisotopic (exact) mass is 371 g/mol. The zero-order valence-corrected chi connectivity index (χ0v) is 16.3. The first-order valence-corrected chi connectivity index (χ1v) is 10.0. The molecule has 0 saturated carbocycles. The van der Waals surface area contributed by atoms with Crippen LogP contribution in [-0.2, 0) is 21.5 Å². The summed E-state index contributed by atoms with van der Waals surface area (Å²) in [5.74, 6) is -0.444. The number of urea groups is 1. The Morgan fingerprint density at radius 1 is 1.15 bits per heavy atom. The van der Waals surface area contributed by atoms with Gasteiger partial charge in [0.1, 0.15) is 12.1 Å². The summed E-state index contributed by atoms with van der Waals surface area (Å²) in [5.41, 5.74) is 0.963. The highest BCUT2D eigenvalue weighted by Crippen LogP contribution is 2.41. The van der Waals surface area contributed by atoms with Crippen molar-refractivity contribution >= 4 is 17.8 Å². The van der Waals surface area contributed by atoms with E-state index in [1.165, 1.54) is 0 Å². The third-order valence-corrected chi connectivity index (χ3v) is 5.63. The van der Waals surface area contributed by atoms with Crippen LogP contribution in [0.5, 0.6) is 0 Å². The van der Waals surface area contributed by atoms with Crippen LogP contribution >= 0.6 is 0 Å². The number of hydrogen-bond acceptors (Lipinski definition) is 3. The van der Waals surface area contributed by atoms with Gasteiger partial charge in [0, 0.05) is 13.1 Å². The van der Waals surface area contributed by atoms with E-state index in [2.05, 4.69) is 19.2 Å². The SMILES string of the molecule is CCCCN(CCCC)C(=O)CN1C(=O)NC2(CCc3ccccc32)C1=O. The number of unbranched alkanes of at least 4 members (excludes halogenated alkanes) is 2. The summed E-state index contributed by atoms with van der Waals surface area (Å²) in [7, 11) is 0. The molecule has 1 saturated heterocycles. The molecule has 4 amide bonds. The van der Waals surface area contributed by atoms with Crippen molar-refractivity contribution < 1.29 is 14.4 Å². The predicted octanol–water partition coefficient (Wildman–Crippen LogP) is 2.81. The second-order valence-electron chi connectivity index (χ2n) is 7.47. The van der Waals surface area contributed by atoms with Gasteiger partial charge >= 0.3 is 6.03 Å². The summed E-state index contributed by atoms with van der Waals surface area (Å²) in [4.78, 5) is 41.4. The number of hydrogen-bond donors (Lipinski definition) is 1. The molecular weight excluding hydrogens is 342 g/mol. The molecule has 1 aliphatic heterocycles. The van der Waals surface area contributed by atoms with Crippen molar-refractivity contribution in [1.29, 1.82) is 0 Å². The van der Waals surface area contributed by atoms with Gasteiger partial charge < -0.3 is 10.2 Å². The van der Waals surface area contributed by atoms with Gasteiger partial charge in [0.15, 0.2) is 0 Å². The molecule has 27 heavy (non-hydrogen) atoms. The Kier molecular flexibility index (Phi) is 5.82. The lowest BCUT2D eigenvalue weighted by Crippen LogP contribution is -2.45. The second kappa shape index (κ2) is 8.11. The molecule has 1 fully saturated rings. The summed E-state index contributed by atoms with van der Waals surface area (Å²) in [5, 5.41) is 2.88. The topological polar surface area (TPSA) is 69.7 Å². The zero-order chi connectivity index (χ0) is 19.4. The molecule has 1 aliphatic carbocycles. The number of carbonyl (C=O) groups is 3. The Morgan fingerprint density at radius 2 is 1.81 bits per heavy atom. The number of rotatable bonds is 8. The molecule has 0 aromatic heterocycles. The molecule has 1 aromatic carbocycles. The molecule has 0 bridgehead atoms. The Morgan fingerprint density at radius 3 is 2.48 bits per heavy atom. The maximum absolute atomic E-state index is 13.2. The Labute approximate surface area is 160 Å². The first kappa shape index (κ1) is 19.4. The van der Waals surface area contributed by atoms with E-state index in [9.17, 15) is 14.4 Å². The first-order valence-electron chi connectivity index (χ1n) is 10.0. The van der Waals surface area contributed by atoms with Crippen molar-refractivity contribution in [3.8, 4) is 0 Å². The highest BCUT2D eigenvalue weighted by molar-refractivity contribution is 6.09. The quantitative estimate of drug-likeness (QED) is 0.715. The van der Waals surface area contributed by atoms with Crippen LogP contribution in [0, 0.1) is 0 Å². The van der Waals surface area contributed by atoms with E-state index in [-0.39, 0.29) is 18.4 Å². The molecule has 1 unspecified atom stereocenters. The third-order valence-electron chi connectivity index (χ3n) is 5.63. The number of nitrogens with one attached hydrogen (secondary N) is 1. The Bertz CT molecular complexity index is 725. The van der Waals surface area contributed by atoms with Gasteiger partial charge in [-0.1, -0.05) is 51.0 Å². The molecule has 146 valence electrons. The number of aryl methyl sites for hydroxylation is 1. The van der Waals surface area contributed by atoms with Gasteiger partial charge in [-0.15, -0.1) is 0 Å². The molecule has 0 radical (unpaired) electrons. The van der Waals surface area contributed by atoms with E-state index in [4.69, 9.17) is 0 Å². The predicted molar refractivity (Wildman–Crippen MR) is 103 cm³/mol. The maximum Gasteiger partial charge on any atom is 0.325 e. The van der Waals surface area contributed by atoms with Crippen molar-refractivity contribution in [3.63, 3.8) is 0 Å². The highest BCUT2D eigenvalue weighted by atomic mass is 16.2. The largest absolute Gasteiger partial charge is 0.341 e. The number of amides is 4. The summed E-state index contributed by atoms with van der Waals surface area (Å²) in [6.07, 6.45) is 5.15.